The van der Waals surface area contributed by atoms with Gasteiger partial charge in [0, 0.05) is 29.0 Å². The standard InChI is InChI=1S/C17H15ClN2/c18-12-5-3-11(4-6-12)15-10-20-9-1-2-14-16(19)8-7-13(15)17(14)20/h1-6,9-10,16H,7-8,19H2. The van der Waals surface area contributed by atoms with Gasteiger partial charge in [-0.15, -0.1) is 0 Å². The molecule has 3 heteroatoms. The molecule has 0 saturated carbocycles. The van der Waals surface area contributed by atoms with Gasteiger partial charge in [0.1, 0.15) is 0 Å². The Morgan fingerprint density at radius 1 is 1.15 bits per heavy atom. The molecule has 20 heavy (non-hydrogen) atoms. The van der Waals surface area contributed by atoms with Gasteiger partial charge in [0.15, 0.2) is 0 Å². The van der Waals surface area contributed by atoms with E-state index in [-0.39, 0.29) is 6.04 Å². The normalized spacial score (nSPS) is 17.6. The highest BCUT2D eigenvalue weighted by Crippen LogP contribution is 2.38. The van der Waals surface area contributed by atoms with E-state index in [1.54, 1.807) is 0 Å². The molecule has 2 N–H and O–H groups in total. The van der Waals surface area contributed by atoms with Gasteiger partial charge in [-0.2, -0.15) is 0 Å². The molecule has 2 heterocycles. The molecule has 1 aliphatic rings. The molecule has 100 valence electrons. The number of aromatic nitrogens is 1. The van der Waals surface area contributed by atoms with Crippen LogP contribution in [0.2, 0.25) is 5.02 Å². The number of nitrogens with two attached hydrogens (primary N) is 1. The molecule has 0 spiro atoms. The summed E-state index contributed by atoms with van der Waals surface area (Å²) in [5, 5.41) is 0.772. The summed E-state index contributed by atoms with van der Waals surface area (Å²) in [6.45, 7) is 0. The molecular formula is C17H15ClN2. The van der Waals surface area contributed by atoms with Crippen molar-refractivity contribution >= 4 is 17.1 Å². The van der Waals surface area contributed by atoms with Gasteiger partial charge < -0.3 is 10.1 Å². The number of rotatable bonds is 1. The topological polar surface area (TPSA) is 30.4 Å². The van der Waals surface area contributed by atoms with Crippen molar-refractivity contribution < 1.29 is 0 Å². The lowest BCUT2D eigenvalue weighted by Gasteiger charge is -2.20. The summed E-state index contributed by atoms with van der Waals surface area (Å²) in [5.74, 6) is 0. The van der Waals surface area contributed by atoms with E-state index in [0.29, 0.717) is 0 Å². The van der Waals surface area contributed by atoms with E-state index in [4.69, 9.17) is 17.3 Å². The predicted octanol–water partition coefficient (Wildman–Crippen LogP) is 4.21. The largest absolute Gasteiger partial charge is 0.324 e. The minimum atomic E-state index is 0.152. The third kappa shape index (κ3) is 1.69. The molecule has 0 fully saturated rings. The summed E-state index contributed by atoms with van der Waals surface area (Å²) in [6, 6.07) is 12.4. The summed E-state index contributed by atoms with van der Waals surface area (Å²) >= 11 is 5.99. The minimum Gasteiger partial charge on any atom is -0.324 e. The molecule has 0 radical (unpaired) electrons. The fourth-order valence-corrected chi connectivity index (χ4v) is 3.34. The number of halogens is 1. The monoisotopic (exact) mass is 282 g/mol. The van der Waals surface area contributed by atoms with Gasteiger partial charge in [-0.1, -0.05) is 29.8 Å². The number of benzene rings is 1. The van der Waals surface area contributed by atoms with Gasteiger partial charge in [0.25, 0.3) is 0 Å². The van der Waals surface area contributed by atoms with Crippen molar-refractivity contribution in [2.75, 3.05) is 0 Å². The molecule has 0 aliphatic heterocycles. The first-order valence-corrected chi connectivity index (χ1v) is 7.26. The Kier molecular flexibility index (Phi) is 2.62. The Hall–Kier alpha value is -1.77. The van der Waals surface area contributed by atoms with E-state index in [0.717, 1.165) is 17.9 Å². The van der Waals surface area contributed by atoms with Crippen LogP contribution in [0.1, 0.15) is 23.6 Å². The van der Waals surface area contributed by atoms with Crippen molar-refractivity contribution in [2.24, 2.45) is 5.73 Å². The zero-order chi connectivity index (χ0) is 13.7. The lowest BCUT2D eigenvalue weighted by Crippen LogP contribution is -2.16. The highest BCUT2D eigenvalue weighted by Gasteiger charge is 2.23. The van der Waals surface area contributed by atoms with Crippen LogP contribution in [0.15, 0.2) is 48.8 Å². The Morgan fingerprint density at radius 2 is 1.95 bits per heavy atom. The first-order valence-electron chi connectivity index (χ1n) is 6.88. The second kappa shape index (κ2) is 4.37. The number of hydrogen-bond donors (Lipinski definition) is 1. The van der Waals surface area contributed by atoms with Crippen LogP contribution in [0.5, 0.6) is 0 Å². The van der Waals surface area contributed by atoms with E-state index >= 15 is 0 Å². The number of hydrogen-bond acceptors (Lipinski definition) is 1. The molecule has 0 bridgehead atoms. The van der Waals surface area contributed by atoms with Crippen molar-refractivity contribution in [2.45, 2.75) is 18.9 Å². The molecule has 1 aromatic carbocycles. The summed E-state index contributed by atoms with van der Waals surface area (Å²) in [4.78, 5) is 0. The molecule has 1 unspecified atom stereocenters. The van der Waals surface area contributed by atoms with Crippen molar-refractivity contribution in [3.05, 3.63) is 64.9 Å². The Balaban J connectivity index is 2.01. The van der Waals surface area contributed by atoms with Crippen LogP contribution in [-0.2, 0) is 6.42 Å². The van der Waals surface area contributed by atoms with Crippen LogP contribution in [0, 0.1) is 0 Å². The minimum absolute atomic E-state index is 0.152. The van der Waals surface area contributed by atoms with E-state index in [1.165, 1.54) is 27.8 Å². The molecule has 2 nitrogen and oxygen atoms in total. The fourth-order valence-electron chi connectivity index (χ4n) is 3.21. The van der Waals surface area contributed by atoms with Gasteiger partial charge >= 0.3 is 0 Å². The number of aryl methyl sites for hydroxylation is 1. The third-order valence-electron chi connectivity index (χ3n) is 4.19. The molecular weight excluding hydrogens is 268 g/mol. The van der Waals surface area contributed by atoms with Gasteiger partial charge in [0.2, 0.25) is 0 Å². The second-order valence-electron chi connectivity index (χ2n) is 5.39. The molecule has 3 aromatic rings. The van der Waals surface area contributed by atoms with E-state index in [2.05, 4.69) is 41.1 Å². The first kappa shape index (κ1) is 12.0. The molecule has 2 aromatic heterocycles. The van der Waals surface area contributed by atoms with Gasteiger partial charge in [-0.05, 0) is 47.7 Å². The molecule has 4 rings (SSSR count). The van der Waals surface area contributed by atoms with E-state index < -0.39 is 0 Å². The van der Waals surface area contributed by atoms with Crippen LogP contribution in [0.25, 0.3) is 16.6 Å². The van der Waals surface area contributed by atoms with Crippen molar-refractivity contribution in [3.63, 3.8) is 0 Å². The lowest BCUT2D eigenvalue weighted by molar-refractivity contribution is 0.640. The number of pyridine rings is 1. The van der Waals surface area contributed by atoms with Crippen LogP contribution in [0.4, 0.5) is 0 Å². The predicted molar refractivity (Wildman–Crippen MR) is 83.1 cm³/mol. The average Bonchev–Trinajstić information content (AvgIpc) is 2.84. The van der Waals surface area contributed by atoms with Crippen molar-refractivity contribution in [1.82, 2.24) is 4.40 Å². The zero-order valence-corrected chi connectivity index (χ0v) is 11.8. The average molecular weight is 283 g/mol. The second-order valence-corrected chi connectivity index (χ2v) is 5.83. The summed E-state index contributed by atoms with van der Waals surface area (Å²) < 4.78 is 2.20. The first-order chi connectivity index (χ1) is 9.74. The van der Waals surface area contributed by atoms with Crippen LogP contribution in [0.3, 0.4) is 0 Å². The summed E-state index contributed by atoms with van der Waals surface area (Å²) in [5.41, 5.74) is 12.7. The van der Waals surface area contributed by atoms with Crippen LogP contribution >= 0.6 is 11.6 Å². The third-order valence-corrected chi connectivity index (χ3v) is 4.45. The highest BCUT2D eigenvalue weighted by atomic mass is 35.5. The fraction of sp³-hybridized carbons (Fsp3) is 0.176. The zero-order valence-electron chi connectivity index (χ0n) is 11.0. The number of nitrogens with zero attached hydrogens (tertiary/aromatic N) is 1. The maximum atomic E-state index is 6.24. The van der Waals surface area contributed by atoms with Crippen molar-refractivity contribution in [3.8, 4) is 11.1 Å². The maximum Gasteiger partial charge on any atom is 0.0536 e. The maximum absolute atomic E-state index is 6.24. The molecule has 0 amide bonds. The Morgan fingerprint density at radius 3 is 2.75 bits per heavy atom. The van der Waals surface area contributed by atoms with Gasteiger partial charge in [-0.3, -0.25) is 0 Å². The molecule has 1 atom stereocenters. The molecule has 1 aliphatic carbocycles. The van der Waals surface area contributed by atoms with E-state index in [1.807, 2.05) is 12.1 Å². The lowest BCUT2D eigenvalue weighted by atomic mass is 9.89. The van der Waals surface area contributed by atoms with Gasteiger partial charge in [0.05, 0.1) is 5.52 Å². The van der Waals surface area contributed by atoms with Crippen LogP contribution in [-0.4, -0.2) is 4.40 Å². The smallest absolute Gasteiger partial charge is 0.0536 e. The highest BCUT2D eigenvalue weighted by molar-refractivity contribution is 6.30. The quantitative estimate of drug-likeness (QED) is 0.712. The van der Waals surface area contributed by atoms with Crippen molar-refractivity contribution in [1.29, 1.82) is 0 Å². The summed E-state index contributed by atoms with van der Waals surface area (Å²) in [6.07, 6.45) is 6.35. The van der Waals surface area contributed by atoms with E-state index in [9.17, 15) is 0 Å². The Labute approximate surface area is 122 Å². The SMILES string of the molecule is NC1CCc2c(-c3ccc(Cl)cc3)cn3cccc1c23. The molecule has 0 saturated heterocycles. The summed E-state index contributed by atoms with van der Waals surface area (Å²) in [7, 11) is 0. The van der Waals surface area contributed by atoms with Gasteiger partial charge in [-0.25, -0.2) is 0 Å². The van der Waals surface area contributed by atoms with Crippen LogP contribution < -0.4 is 5.73 Å². The Bertz CT molecular complexity index is 787.